The van der Waals surface area contributed by atoms with E-state index in [9.17, 15) is 9.18 Å². The van der Waals surface area contributed by atoms with Crippen LogP contribution in [0.5, 0.6) is 0 Å². The van der Waals surface area contributed by atoms with Crippen LogP contribution in [0.2, 0.25) is 0 Å². The molecule has 0 unspecified atom stereocenters. The van der Waals surface area contributed by atoms with Crippen LogP contribution < -0.4 is 11.0 Å². The Morgan fingerprint density at radius 3 is 3.19 bits per heavy atom. The number of hydrogen-bond acceptors (Lipinski definition) is 5. The summed E-state index contributed by atoms with van der Waals surface area (Å²) in [6.45, 7) is -0.217. The van der Waals surface area contributed by atoms with Gasteiger partial charge in [0.1, 0.15) is 12.0 Å². The van der Waals surface area contributed by atoms with Gasteiger partial charge in [0.05, 0.1) is 12.7 Å². The Balaban J connectivity index is 2.02. The molecule has 2 heterocycles. The van der Waals surface area contributed by atoms with Crippen LogP contribution in [0, 0.1) is 0 Å². The zero-order chi connectivity index (χ0) is 11.5. The molecule has 1 aromatic rings. The molecule has 1 aliphatic heterocycles. The number of ether oxygens (including phenoxy) is 1. The number of alkyl halides is 1. The number of aliphatic hydroxyl groups excluding tert-OH is 1. The lowest BCUT2D eigenvalue weighted by Gasteiger charge is -2.15. The van der Waals surface area contributed by atoms with Crippen molar-refractivity contribution >= 4 is 5.82 Å². The van der Waals surface area contributed by atoms with E-state index in [0.29, 0.717) is 5.82 Å². The van der Waals surface area contributed by atoms with Crippen LogP contribution in [-0.2, 0) is 4.74 Å². The maximum Gasteiger partial charge on any atom is 0.346 e. The predicted octanol–water partition coefficient (Wildman–Crippen LogP) is -0.373. The first-order chi connectivity index (χ1) is 7.69. The SMILES string of the molecule is O=c1nccc(N[C@@H]2O[C@H](CO)C[C@@H]2F)[nH]1. The van der Waals surface area contributed by atoms with E-state index in [0.717, 1.165) is 0 Å². The number of anilines is 1. The lowest BCUT2D eigenvalue weighted by Crippen LogP contribution is -2.29. The molecular formula is C9H12FN3O3. The molecule has 0 radical (unpaired) electrons. The maximum absolute atomic E-state index is 13.4. The van der Waals surface area contributed by atoms with Gasteiger partial charge >= 0.3 is 5.69 Å². The van der Waals surface area contributed by atoms with Crippen LogP contribution in [0.25, 0.3) is 0 Å². The number of hydrogen-bond donors (Lipinski definition) is 3. The van der Waals surface area contributed by atoms with Crippen molar-refractivity contribution in [2.24, 2.45) is 0 Å². The van der Waals surface area contributed by atoms with Gasteiger partial charge < -0.3 is 15.2 Å². The Kier molecular flexibility index (Phi) is 3.16. The third-order valence-electron chi connectivity index (χ3n) is 2.33. The number of aromatic amines is 1. The lowest BCUT2D eigenvalue weighted by atomic mass is 10.2. The molecule has 88 valence electrons. The fraction of sp³-hybridized carbons (Fsp3) is 0.556. The molecule has 0 amide bonds. The summed E-state index contributed by atoms with van der Waals surface area (Å²) in [6.07, 6.45) is -1.11. The van der Waals surface area contributed by atoms with Gasteiger partial charge in [-0.05, 0) is 6.07 Å². The topological polar surface area (TPSA) is 87.2 Å². The van der Waals surface area contributed by atoms with E-state index < -0.39 is 24.2 Å². The second-order valence-electron chi connectivity index (χ2n) is 3.55. The highest BCUT2D eigenvalue weighted by Crippen LogP contribution is 2.23. The number of rotatable bonds is 3. The van der Waals surface area contributed by atoms with Gasteiger partial charge in [-0.25, -0.2) is 14.2 Å². The normalized spacial score (nSPS) is 29.2. The van der Waals surface area contributed by atoms with Crippen LogP contribution in [-0.4, -0.2) is 40.2 Å². The lowest BCUT2D eigenvalue weighted by molar-refractivity contribution is 0.0151. The number of aromatic nitrogens is 2. The minimum atomic E-state index is -1.21. The maximum atomic E-state index is 13.4. The average Bonchev–Trinajstić information content (AvgIpc) is 2.60. The van der Waals surface area contributed by atoms with Crippen molar-refractivity contribution < 1.29 is 14.2 Å². The first kappa shape index (κ1) is 11.0. The zero-order valence-electron chi connectivity index (χ0n) is 8.39. The van der Waals surface area contributed by atoms with E-state index >= 15 is 0 Å². The van der Waals surface area contributed by atoms with Crippen molar-refractivity contribution in [3.05, 3.63) is 22.7 Å². The largest absolute Gasteiger partial charge is 0.394 e. The van der Waals surface area contributed by atoms with E-state index in [1.807, 2.05) is 0 Å². The van der Waals surface area contributed by atoms with Crippen molar-refractivity contribution in [2.75, 3.05) is 11.9 Å². The molecule has 0 spiro atoms. The minimum Gasteiger partial charge on any atom is -0.394 e. The zero-order valence-corrected chi connectivity index (χ0v) is 8.39. The number of aliphatic hydroxyl groups is 1. The van der Waals surface area contributed by atoms with Crippen molar-refractivity contribution in [1.82, 2.24) is 9.97 Å². The average molecular weight is 229 g/mol. The molecule has 0 aliphatic carbocycles. The standard InChI is InChI=1S/C9H12FN3O3/c10-6-3-5(4-14)16-8(6)12-7-1-2-11-9(15)13-7/h1-2,5-6,8,14H,3-4H2,(H2,11,12,13,15)/t5-,6-,8+/m0/s1. The first-order valence-corrected chi connectivity index (χ1v) is 4.91. The number of nitrogens with one attached hydrogen (secondary N) is 2. The summed E-state index contributed by atoms with van der Waals surface area (Å²) in [7, 11) is 0. The van der Waals surface area contributed by atoms with Crippen molar-refractivity contribution in [1.29, 1.82) is 0 Å². The quantitative estimate of drug-likeness (QED) is 0.658. The van der Waals surface area contributed by atoms with Gasteiger partial charge in [-0.3, -0.25) is 4.98 Å². The van der Waals surface area contributed by atoms with Crippen molar-refractivity contribution in [2.45, 2.75) is 24.9 Å². The molecule has 0 bridgehead atoms. The molecule has 2 rings (SSSR count). The molecule has 3 atom stereocenters. The highest BCUT2D eigenvalue weighted by Gasteiger charge is 2.35. The summed E-state index contributed by atoms with van der Waals surface area (Å²) in [5.41, 5.74) is -0.517. The van der Waals surface area contributed by atoms with E-state index in [1.165, 1.54) is 12.3 Å². The second kappa shape index (κ2) is 4.58. The number of H-pyrrole nitrogens is 1. The van der Waals surface area contributed by atoms with Gasteiger partial charge in [-0.2, -0.15) is 0 Å². The van der Waals surface area contributed by atoms with Crippen molar-refractivity contribution in [3.63, 3.8) is 0 Å². The molecule has 3 N–H and O–H groups in total. The van der Waals surface area contributed by atoms with Crippen LogP contribution in [0.4, 0.5) is 10.2 Å². The second-order valence-corrected chi connectivity index (χ2v) is 3.55. The molecule has 1 aliphatic rings. The van der Waals surface area contributed by atoms with Gasteiger partial charge in [0.15, 0.2) is 6.23 Å². The van der Waals surface area contributed by atoms with E-state index in [2.05, 4.69) is 15.3 Å². The Morgan fingerprint density at radius 2 is 2.56 bits per heavy atom. The van der Waals surface area contributed by atoms with E-state index in [4.69, 9.17) is 9.84 Å². The van der Waals surface area contributed by atoms with E-state index in [1.54, 1.807) is 0 Å². The van der Waals surface area contributed by atoms with Gasteiger partial charge in [0, 0.05) is 12.6 Å². The summed E-state index contributed by atoms with van der Waals surface area (Å²) in [4.78, 5) is 16.7. The highest BCUT2D eigenvalue weighted by atomic mass is 19.1. The van der Waals surface area contributed by atoms with Crippen LogP contribution in [0.3, 0.4) is 0 Å². The Labute approximate surface area is 90.5 Å². The van der Waals surface area contributed by atoms with Crippen LogP contribution in [0.1, 0.15) is 6.42 Å². The fourth-order valence-corrected chi connectivity index (χ4v) is 1.57. The molecule has 7 heteroatoms. The molecule has 0 aromatic carbocycles. The smallest absolute Gasteiger partial charge is 0.346 e. The summed E-state index contributed by atoms with van der Waals surface area (Å²) < 4.78 is 18.6. The minimum absolute atomic E-state index is 0.142. The third-order valence-corrected chi connectivity index (χ3v) is 2.33. The van der Waals surface area contributed by atoms with Gasteiger partial charge in [-0.15, -0.1) is 0 Å². The first-order valence-electron chi connectivity index (χ1n) is 4.91. The predicted molar refractivity (Wildman–Crippen MR) is 53.7 cm³/mol. The summed E-state index contributed by atoms with van der Waals surface area (Å²) in [5, 5.41) is 11.5. The van der Waals surface area contributed by atoms with Gasteiger partial charge in [-0.1, -0.05) is 0 Å². The van der Waals surface area contributed by atoms with Gasteiger partial charge in [0.2, 0.25) is 0 Å². The summed E-state index contributed by atoms with van der Waals surface area (Å²) >= 11 is 0. The molecule has 1 aromatic heterocycles. The molecule has 0 saturated carbocycles. The van der Waals surface area contributed by atoms with Crippen LogP contribution >= 0.6 is 0 Å². The fourth-order valence-electron chi connectivity index (χ4n) is 1.57. The molecular weight excluding hydrogens is 217 g/mol. The third kappa shape index (κ3) is 2.37. The molecule has 1 fully saturated rings. The Hall–Kier alpha value is -1.47. The monoisotopic (exact) mass is 229 g/mol. The van der Waals surface area contributed by atoms with E-state index in [-0.39, 0.29) is 13.0 Å². The Bertz CT molecular complexity index is 411. The summed E-state index contributed by atoms with van der Waals surface area (Å²) in [5.74, 6) is 0.339. The molecule has 6 nitrogen and oxygen atoms in total. The number of halogens is 1. The summed E-state index contributed by atoms with van der Waals surface area (Å²) in [6, 6.07) is 1.50. The Morgan fingerprint density at radius 1 is 1.75 bits per heavy atom. The highest BCUT2D eigenvalue weighted by molar-refractivity contribution is 5.32. The van der Waals surface area contributed by atoms with Gasteiger partial charge in [0.25, 0.3) is 0 Å². The molecule has 16 heavy (non-hydrogen) atoms. The molecule has 1 saturated heterocycles. The number of nitrogens with zero attached hydrogens (tertiary/aromatic N) is 1. The van der Waals surface area contributed by atoms with Crippen LogP contribution in [0.15, 0.2) is 17.1 Å². The van der Waals surface area contributed by atoms with Crippen molar-refractivity contribution in [3.8, 4) is 0 Å².